The summed E-state index contributed by atoms with van der Waals surface area (Å²) >= 11 is 0. The lowest BCUT2D eigenvalue weighted by Crippen LogP contribution is -2.47. The maximum absolute atomic E-state index is 12.2. The third-order valence-corrected chi connectivity index (χ3v) is 4.09. The van der Waals surface area contributed by atoms with E-state index in [0.717, 1.165) is 49.7 Å². The van der Waals surface area contributed by atoms with Crippen molar-refractivity contribution in [3.63, 3.8) is 0 Å². The summed E-state index contributed by atoms with van der Waals surface area (Å²) in [5, 5.41) is 0. The molecule has 0 radical (unpaired) electrons. The average molecular weight is 290 g/mol. The Labute approximate surface area is 125 Å². The van der Waals surface area contributed by atoms with Crippen molar-refractivity contribution < 1.29 is 14.3 Å². The van der Waals surface area contributed by atoms with Crippen LogP contribution in [0, 0.1) is 0 Å². The van der Waals surface area contributed by atoms with Crippen LogP contribution >= 0.6 is 0 Å². The van der Waals surface area contributed by atoms with E-state index in [1.807, 2.05) is 23.1 Å². The van der Waals surface area contributed by atoms with Gasteiger partial charge in [0.15, 0.2) is 11.5 Å². The molecule has 2 heterocycles. The smallest absolute Gasteiger partial charge is 0.222 e. The second-order valence-electron chi connectivity index (χ2n) is 5.66. The number of piperazine rings is 1. The van der Waals surface area contributed by atoms with Crippen LogP contribution < -0.4 is 9.47 Å². The molecule has 21 heavy (non-hydrogen) atoms. The largest absolute Gasteiger partial charge is 0.486 e. The van der Waals surface area contributed by atoms with Crippen LogP contribution in [0.4, 0.5) is 0 Å². The Hall–Kier alpha value is -1.75. The van der Waals surface area contributed by atoms with Crippen LogP contribution in [0.1, 0.15) is 12.0 Å². The number of likely N-dealkylation sites (N-methyl/N-ethyl adjacent to an activating group) is 1. The van der Waals surface area contributed by atoms with E-state index in [9.17, 15) is 4.79 Å². The molecular weight excluding hydrogens is 268 g/mol. The van der Waals surface area contributed by atoms with Crippen LogP contribution in [0.15, 0.2) is 18.2 Å². The standard InChI is InChI=1S/C16H22N2O3/c1-17-6-8-18(9-7-17)16(19)5-3-13-2-4-14-15(12-13)21-11-10-20-14/h2,4,12H,3,5-11H2,1H3. The van der Waals surface area contributed by atoms with Gasteiger partial charge in [0.05, 0.1) is 0 Å². The Balaban J connectivity index is 1.54. The molecular formula is C16H22N2O3. The highest BCUT2D eigenvalue weighted by atomic mass is 16.6. The summed E-state index contributed by atoms with van der Waals surface area (Å²) in [4.78, 5) is 16.4. The second-order valence-corrected chi connectivity index (χ2v) is 5.66. The summed E-state index contributed by atoms with van der Waals surface area (Å²) in [6, 6.07) is 5.95. The van der Waals surface area contributed by atoms with Crippen molar-refractivity contribution in [3.8, 4) is 11.5 Å². The summed E-state index contributed by atoms with van der Waals surface area (Å²) in [5.41, 5.74) is 1.13. The Bertz CT molecular complexity index is 510. The molecule has 1 aromatic rings. The first-order valence-corrected chi connectivity index (χ1v) is 7.57. The zero-order valence-electron chi connectivity index (χ0n) is 12.5. The molecule has 0 spiro atoms. The molecule has 0 N–H and O–H groups in total. The quantitative estimate of drug-likeness (QED) is 0.838. The fraction of sp³-hybridized carbons (Fsp3) is 0.562. The van der Waals surface area contributed by atoms with Gasteiger partial charge in [-0.05, 0) is 31.2 Å². The van der Waals surface area contributed by atoms with Crippen LogP contribution in [0.2, 0.25) is 0 Å². The maximum Gasteiger partial charge on any atom is 0.222 e. The number of benzene rings is 1. The number of ether oxygens (including phenoxy) is 2. The number of rotatable bonds is 3. The molecule has 2 aliphatic heterocycles. The lowest BCUT2D eigenvalue weighted by molar-refractivity contribution is -0.132. The van der Waals surface area contributed by atoms with Crippen molar-refractivity contribution >= 4 is 5.91 Å². The SMILES string of the molecule is CN1CCN(C(=O)CCc2ccc3c(c2)OCCO3)CC1. The monoisotopic (exact) mass is 290 g/mol. The second kappa shape index (κ2) is 6.35. The molecule has 0 unspecified atom stereocenters. The molecule has 2 aliphatic rings. The molecule has 114 valence electrons. The van der Waals surface area contributed by atoms with E-state index in [4.69, 9.17) is 9.47 Å². The first kappa shape index (κ1) is 14.2. The van der Waals surface area contributed by atoms with Crippen LogP contribution in [0.25, 0.3) is 0 Å². The Morgan fingerprint density at radius 1 is 1.10 bits per heavy atom. The highest BCUT2D eigenvalue weighted by Gasteiger charge is 2.19. The minimum atomic E-state index is 0.248. The maximum atomic E-state index is 12.2. The molecule has 1 aromatic carbocycles. The predicted molar refractivity (Wildman–Crippen MR) is 79.8 cm³/mol. The van der Waals surface area contributed by atoms with E-state index in [1.165, 1.54) is 0 Å². The number of carbonyl (C=O) groups excluding carboxylic acids is 1. The molecule has 1 fully saturated rings. The van der Waals surface area contributed by atoms with E-state index in [1.54, 1.807) is 0 Å². The number of fused-ring (bicyclic) bond motifs is 1. The fourth-order valence-electron chi connectivity index (χ4n) is 2.71. The van der Waals surface area contributed by atoms with Gasteiger partial charge in [-0.25, -0.2) is 0 Å². The molecule has 0 saturated carbocycles. The lowest BCUT2D eigenvalue weighted by atomic mass is 10.1. The normalized spacial score (nSPS) is 18.6. The van der Waals surface area contributed by atoms with E-state index >= 15 is 0 Å². The zero-order chi connectivity index (χ0) is 14.7. The van der Waals surface area contributed by atoms with E-state index in [-0.39, 0.29) is 5.91 Å². The molecule has 0 aromatic heterocycles. The van der Waals surface area contributed by atoms with E-state index in [2.05, 4.69) is 11.9 Å². The summed E-state index contributed by atoms with van der Waals surface area (Å²) < 4.78 is 11.1. The van der Waals surface area contributed by atoms with Crippen LogP contribution in [-0.4, -0.2) is 62.1 Å². The molecule has 0 aliphatic carbocycles. The van der Waals surface area contributed by atoms with Gasteiger partial charge in [0.25, 0.3) is 0 Å². The zero-order valence-corrected chi connectivity index (χ0v) is 12.5. The third kappa shape index (κ3) is 3.47. The van der Waals surface area contributed by atoms with Gasteiger partial charge >= 0.3 is 0 Å². The molecule has 0 atom stereocenters. The first-order chi connectivity index (χ1) is 10.2. The van der Waals surface area contributed by atoms with Gasteiger partial charge in [0, 0.05) is 32.6 Å². The summed E-state index contributed by atoms with van der Waals surface area (Å²) in [6.45, 7) is 4.82. The van der Waals surface area contributed by atoms with Crippen LogP contribution in [0.3, 0.4) is 0 Å². The molecule has 1 saturated heterocycles. The van der Waals surface area contributed by atoms with Crippen molar-refractivity contribution in [3.05, 3.63) is 23.8 Å². The molecule has 0 bridgehead atoms. The van der Waals surface area contributed by atoms with Gasteiger partial charge in [-0.2, -0.15) is 0 Å². The van der Waals surface area contributed by atoms with Crippen molar-refractivity contribution in [2.45, 2.75) is 12.8 Å². The van der Waals surface area contributed by atoms with E-state index in [0.29, 0.717) is 19.6 Å². The summed E-state index contributed by atoms with van der Waals surface area (Å²) in [5.74, 6) is 1.85. The van der Waals surface area contributed by atoms with Crippen molar-refractivity contribution in [2.24, 2.45) is 0 Å². The minimum absolute atomic E-state index is 0.248. The van der Waals surface area contributed by atoms with Crippen LogP contribution in [0.5, 0.6) is 11.5 Å². The average Bonchev–Trinajstić information content (AvgIpc) is 2.53. The Kier molecular flexibility index (Phi) is 4.29. The molecule has 1 amide bonds. The first-order valence-electron chi connectivity index (χ1n) is 7.57. The number of hydrogen-bond donors (Lipinski definition) is 0. The van der Waals surface area contributed by atoms with Crippen molar-refractivity contribution in [1.82, 2.24) is 9.80 Å². The van der Waals surface area contributed by atoms with Gasteiger partial charge in [-0.3, -0.25) is 4.79 Å². The highest BCUT2D eigenvalue weighted by molar-refractivity contribution is 5.76. The molecule has 3 rings (SSSR count). The Morgan fingerprint density at radius 3 is 2.57 bits per heavy atom. The number of nitrogens with zero attached hydrogens (tertiary/aromatic N) is 2. The minimum Gasteiger partial charge on any atom is -0.486 e. The topological polar surface area (TPSA) is 42.0 Å². The highest BCUT2D eigenvalue weighted by Crippen LogP contribution is 2.31. The van der Waals surface area contributed by atoms with Gasteiger partial charge in [0.1, 0.15) is 13.2 Å². The van der Waals surface area contributed by atoms with Gasteiger partial charge in [-0.1, -0.05) is 6.07 Å². The number of amides is 1. The number of hydrogen-bond acceptors (Lipinski definition) is 4. The molecule has 5 heteroatoms. The number of carbonyl (C=O) groups is 1. The van der Waals surface area contributed by atoms with Gasteiger partial charge < -0.3 is 19.3 Å². The Morgan fingerprint density at radius 2 is 1.81 bits per heavy atom. The van der Waals surface area contributed by atoms with Gasteiger partial charge in [-0.15, -0.1) is 0 Å². The van der Waals surface area contributed by atoms with E-state index < -0.39 is 0 Å². The fourth-order valence-corrected chi connectivity index (χ4v) is 2.71. The summed E-state index contributed by atoms with van der Waals surface area (Å²) in [6.07, 6.45) is 1.31. The van der Waals surface area contributed by atoms with Gasteiger partial charge in [0.2, 0.25) is 5.91 Å². The molecule has 5 nitrogen and oxygen atoms in total. The number of aryl methyl sites for hydroxylation is 1. The summed E-state index contributed by atoms with van der Waals surface area (Å²) in [7, 11) is 2.09. The predicted octanol–water partition coefficient (Wildman–Crippen LogP) is 1.16. The van der Waals surface area contributed by atoms with Crippen LogP contribution in [-0.2, 0) is 11.2 Å². The van der Waals surface area contributed by atoms with Crippen molar-refractivity contribution in [1.29, 1.82) is 0 Å². The third-order valence-electron chi connectivity index (χ3n) is 4.09. The lowest BCUT2D eigenvalue weighted by Gasteiger charge is -2.32. The van der Waals surface area contributed by atoms with Crippen molar-refractivity contribution in [2.75, 3.05) is 46.4 Å².